The highest BCUT2D eigenvalue weighted by molar-refractivity contribution is 7.98. The average Bonchev–Trinajstić information content (AvgIpc) is 2.69. The highest BCUT2D eigenvalue weighted by Gasteiger charge is 2.27. The van der Waals surface area contributed by atoms with Gasteiger partial charge in [0.2, 0.25) is 0 Å². The lowest BCUT2D eigenvalue weighted by Gasteiger charge is -2.21. The Balaban J connectivity index is 1.74. The second-order valence-electron chi connectivity index (χ2n) is 7.07. The molecule has 0 unspecified atom stereocenters. The van der Waals surface area contributed by atoms with E-state index in [1.807, 2.05) is 12.3 Å². The maximum absolute atomic E-state index is 12.7. The summed E-state index contributed by atoms with van der Waals surface area (Å²) in [6, 6.07) is 12.3. The first kappa shape index (κ1) is 21.2. The summed E-state index contributed by atoms with van der Waals surface area (Å²) in [4.78, 5) is 13.6. The van der Waals surface area contributed by atoms with Crippen LogP contribution >= 0.6 is 23.4 Å². The van der Waals surface area contributed by atoms with Crippen LogP contribution in [0, 0.1) is 0 Å². The predicted octanol–water partition coefficient (Wildman–Crippen LogP) is 5.56. The van der Waals surface area contributed by atoms with Crippen LogP contribution < -0.4 is 5.32 Å². The fraction of sp³-hybridized carbons (Fsp3) is 0.381. The van der Waals surface area contributed by atoms with Gasteiger partial charge in [-0.1, -0.05) is 43.0 Å². The van der Waals surface area contributed by atoms with E-state index in [2.05, 4.69) is 5.32 Å². The molecule has 0 spiro atoms. The van der Waals surface area contributed by atoms with E-state index in [0.29, 0.717) is 21.8 Å². The summed E-state index contributed by atoms with van der Waals surface area (Å²) in [7, 11) is -3.19. The van der Waals surface area contributed by atoms with Gasteiger partial charge >= 0.3 is 0 Å². The third kappa shape index (κ3) is 5.31. The highest BCUT2D eigenvalue weighted by atomic mass is 35.5. The first-order chi connectivity index (χ1) is 13.4. The zero-order valence-corrected chi connectivity index (χ0v) is 18.2. The second-order valence-corrected chi connectivity index (χ2v) is 10.6. The van der Waals surface area contributed by atoms with Gasteiger partial charge in [0.15, 0.2) is 9.84 Å². The molecule has 1 N–H and O–H groups in total. The van der Waals surface area contributed by atoms with Gasteiger partial charge in [-0.15, -0.1) is 11.8 Å². The first-order valence-electron chi connectivity index (χ1n) is 9.34. The van der Waals surface area contributed by atoms with Gasteiger partial charge in [-0.05, 0) is 55.0 Å². The van der Waals surface area contributed by atoms with Crippen molar-refractivity contribution in [2.75, 3.05) is 11.6 Å². The van der Waals surface area contributed by atoms with E-state index in [0.717, 1.165) is 37.0 Å². The third-order valence-electron chi connectivity index (χ3n) is 5.03. The van der Waals surface area contributed by atoms with Crippen LogP contribution in [0.4, 0.5) is 5.69 Å². The van der Waals surface area contributed by atoms with Gasteiger partial charge in [0.1, 0.15) is 0 Å². The Kier molecular flexibility index (Phi) is 7.07. The van der Waals surface area contributed by atoms with Gasteiger partial charge in [-0.25, -0.2) is 8.42 Å². The Morgan fingerprint density at radius 1 is 1.14 bits per heavy atom. The molecule has 1 saturated carbocycles. The molecule has 7 heteroatoms. The van der Waals surface area contributed by atoms with E-state index >= 15 is 0 Å². The molecule has 4 nitrogen and oxygen atoms in total. The summed E-state index contributed by atoms with van der Waals surface area (Å²) >= 11 is 7.70. The number of thioether (sulfide) groups is 1. The first-order valence-corrected chi connectivity index (χ1v) is 12.7. The second kappa shape index (κ2) is 9.33. The molecule has 28 heavy (non-hydrogen) atoms. The van der Waals surface area contributed by atoms with Crippen molar-refractivity contribution in [2.45, 2.75) is 48.0 Å². The van der Waals surface area contributed by atoms with E-state index in [-0.39, 0.29) is 16.9 Å². The normalized spacial score (nSPS) is 15.4. The lowest BCUT2D eigenvalue weighted by molar-refractivity contribution is 0.102. The molecule has 0 aromatic heterocycles. The van der Waals surface area contributed by atoms with Crippen LogP contribution in [0.25, 0.3) is 0 Å². The van der Waals surface area contributed by atoms with Gasteiger partial charge in [0.25, 0.3) is 5.91 Å². The van der Waals surface area contributed by atoms with Crippen molar-refractivity contribution in [1.29, 1.82) is 0 Å². The topological polar surface area (TPSA) is 63.2 Å². The highest BCUT2D eigenvalue weighted by Crippen LogP contribution is 2.27. The predicted molar refractivity (Wildman–Crippen MR) is 117 cm³/mol. The summed E-state index contributed by atoms with van der Waals surface area (Å²) in [5.74, 6) is -0.308. The van der Waals surface area contributed by atoms with Crippen molar-refractivity contribution in [2.24, 2.45) is 0 Å². The SMILES string of the molecule is CSc1ccc(Cl)c(C(=O)Nc2cccc(CS(=O)(=O)C3CCCCC3)c2)c1. The molecule has 0 radical (unpaired) electrons. The molecule has 1 amide bonds. The number of benzene rings is 2. The molecule has 0 bridgehead atoms. The molecular formula is C21H24ClNO3S2. The Labute approximate surface area is 176 Å². The van der Waals surface area contributed by atoms with Gasteiger partial charge in [0, 0.05) is 10.6 Å². The summed E-state index contributed by atoms with van der Waals surface area (Å²) in [5, 5.41) is 2.97. The van der Waals surface area contributed by atoms with Crippen LogP contribution in [0.15, 0.2) is 47.4 Å². The maximum atomic E-state index is 12.7. The molecule has 3 rings (SSSR count). The van der Waals surface area contributed by atoms with E-state index in [1.54, 1.807) is 36.4 Å². The lowest BCUT2D eigenvalue weighted by atomic mass is 10.0. The number of carbonyl (C=O) groups excluding carboxylic acids is 1. The quantitative estimate of drug-likeness (QED) is 0.600. The van der Waals surface area contributed by atoms with E-state index in [4.69, 9.17) is 11.6 Å². The molecule has 0 atom stereocenters. The van der Waals surface area contributed by atoms with Crippen molar-refractivity contribution in [1.82, 2.24) is 0 Å². The van der Waals surface area contributed by atoms with Crippen molar-refractivity contribution in [3.63, 3.8) is 0 Å². The number of hydrogen-bond acceptors (Lipinski definition) is 4. The Morgan fingerprint density at radius 3 is 2.61 bits per heavy atom. The Morgan fingerprint density at radius 2 is 1.89 bits per heavy atom. The largest absolute Gasteiger partial charge is 0.322 e. The van der Waals surface area contributed by atoms with Gasteiger partial charge < -0.3 is 5.32 Å². The minimum Gasteiger partial charge on any atom is -0.322 e. The number of sulfone groups is 1. The van der Waals surface area contributed by atoms with Crippen molar-refractivity contribution >= 4 is 44.8 Å². The number of nitrogens with one attached hydrogen (secondary N) is 1. The van der Waals surface area contributed by atoms with Crippen molar-refractivity contribution < 1.29 is 13.2 Å². The Hall–Kier alpha value is -1.50. The number of amides is 1. The smallest absolute Gasteiger partial charge is 0.257 e. The van der Waals surface area contributed by atoms with Crippen molar-refractivity contribution in [3.05, 3.63) is 58.6 Å². The molecule has 2 aromatic rings. The molecular weight excluding hydrogens is 414 g/mol. The average molecular weight is 438 g/mol. The fourth-order valence-electron chi connectivity index (χ4n) is 3.52. The number of anilines is 1. The number of halogens is 1. The van der Waals surface area contributed by atoms with Crippen LogP contribution in [0.1, 0.15) is 48.0 Å². The van der Waals surface area contributed by atoms with Gasteiger partial charge in [-0.3, -0.25) is 4.79 Å². The van der Waals surface area contributed by atoms with Crippen LogP contribution in [-0.4, -0.2) is 25.8 Å². The minimum atomic E-state index is -3.19. The van der Waals surface area contributed by atoms with E-state index in [9.17, 15) is 13.2 Å². The fourth-order valence-corrected chi connectivity index (χ4v) is 6.09. The molecule has 1 fully saturated rings. The lowest BCUT2D eigenvalue weighted by Crippen LogP contribution is -2.25. The maximum Gasteiger partial charge on any atom is 0.257 e. The van der Waals surface area contributed by atoms with Gasteiger partial charge in [-0.2, -0.15) is 0 Å². The molecule has 1 aliphatic carbocycles. The number of carbonyl (C=O) groups is 1. The third-order valence-corrected chi connectivity index (χ3v) is 8.31. The molecule has 0 heterocycles. The summed E-state index contributed by atoms with van der Waals surface area (Å²) in [5.41, 5.74) is 1.65. The van der Waals surface area contributed by atoms with Crippen LogP contribution in [0.3, 0.4) is 0 Å². The monoisotopic (exact) mass is 437 g/mol. The van der Waals surface area contributed by atoms with Crippen LogP contribution in [0.2, 0.25) is 5.02 Å². The molecule has 0 aliphatic heterocycles. The minimum absolute atomic E-state index is 0.00406. The standard InChI is InChI=1S/C21H24ClNO3S2/c1-27-17-10-11-20(22)19(13-17)21(24)23-16-7-5-6-15(12-16)14-28(25,26)18-8-3-2-4-9-18/h5-7,10-13,18H,2-4,8-9,14H2,1H3,(H,23,24). The zero-order chi connectivity index (χ0) is 20.1. The Bertz CT molecular complexity index is 954. The van der Waals surface area contributed by atoms with E-state index < -0.39 is 9.84 Å². The molecule has 0 saturated heterocycles. The van der Waals surface area contributed by atoms with Gasteiger partial charge in [0.05, 0.1) is 21.6 Å². The molecule has 2 aromatic carbocycles. The molecule has 1 aliphatic rings. The number of hydrogen-bond donors (Lipinski definition) is 1. The van der Waals surface area contributed by atoms with Crippen LogP contribution in [-0.2, 0) is 15.6 Å². The molecule has 150 valence electrons. The van der Waals surface area contributed by atoms with Crippen molar-refractivity contribution in [3.8, 4) is 0 Å². The summed E-state index contributed by atoms with van der Waals surface area (Å²) in [6.07, 6.45) is 6.52. The summed E-state index contributed by atoms with van der Waals surface area (Å²) < 4.78 is 25.4. The number of rotatable bonds is 6. The zero-order valence-electron chi connectivity index (χ0n) is 15.8. The summed E-state index contributed by atoms with van der Waals surface area (Å²) in [6.45, 7) is 0. The van der Waals surface area contributed by atoms with E-state index in [1.165, 1.54) is 11.8 Å². The van der Waals surface area contributed by atoms with Crippen LogP contribution in [0.5, 0.6) is 0 Å².